The highest BCUT2D eigenvalue weighted by molar-refractivity contribution is 7.52. The van der Waals surface area contributed by atoms with E-state index in [1.807, 2.05) is 4.98 Å². The molecule has 9 nitrogen and oxygen atoms in total. The molecular weight excluding hydrogens is 370 g/mol. The molecule has 0 aromatic carbocycles. The first-order valence-corrected chi connectivity index (χ1v) is 9.86. The minimum absolute atomic E-state index is 0.116. The van der Waals surface area contributed by atoms with Gasteiger partial charge in [-0.05, 0) is 13.8 Å². The SMILES string of the molecule is CC(C)OC[C@H]1O[C@@H](n2ccc(=O)[nH]c2=O)C(F)[C@H]1OP(=O)([O-])C(C)C. The van der Waals surface area contributed by atoms with Gasteiger partial charge in [0, 0.05) is 17.9 Å². The fraction of sp³-hybridized carbons (Fsp3) is 0.733. The molecule has 2 heterocycles. The number of alkyl halides is 1. The van der Waals surface area contributed by atoms with Crippen molar-refractivity contribution < 1.29 is 27.8 Å². The summed E-state index contributed by atoms with van der Waals surface area (Å²) in [5.41, 5.74) is -2.37. The van der Waals surface area contributed by atoms with Crippen molar-refractivity contribution in [2.45, 2.75) is 64.1 Å². The molecule has 5 atom stereocenters. The lowest BCUT2D eigenvalue weighted by atomic mass is 10.1. The van der Waals surface area contributed by atoms with Crippen LogP contribution in [-0.2, 0) is 18.6 Å². The van der Waals surface area contributed by atoms with E-state index in [-0.39, 0.29) is 12.7 Å². The maximum atomic E-state index is 15.0. The number of aromatic nitrogens is 2. The number of hydrogen-bond donors (Lipinski definition) is 1. The van der Waals surface area contributed by atoms with Gasteiger partial charge in [0.25, 0.3) is 5.56 Å². The van der Waals surface area contributed by atoms with Crippen LogP contribution in [0.2, 0.25) is 0 Å². The molecule has 1 aliphatic rings. The van der Waals surface area contributed by atoms with Gasteiger partial charge in [0.2, 0.25) is 0 Å². The maximum Gasteiger partial charge on any atom is 0.330 e. The van der Waals surface area contributed by atoms with Gasteiger partial charge in [-0.1, -0.05) is 13.8 Å². The lowest BCUT2D eigenvalue weighted by Gasteiger charge is -2.32. The first-order valence-electron chi connectivity index (χ1n) is 8.24. The van der Waals surface area contributed by atoms with Gasteiger partial charge in [-0.2, -0.15) is 0 Å². The highest BCUT2D eigenvalue weighted by Gasteiger charge is 2.49. The Balaban J connectivity index is 2.32. The predicted molar refractivity (Wildman–Crippen MR) is 88.8 cm³/mol. The molecular formula is C15H23FN2O7P-. The number of H-pyrrole nitrogens is 1. The highest BCUT2D eigenvalue weighted by Crippen LogP contribution is 2.48. The van der Waals surface area contributed by atoms with Gasteiger partial charge in [-0.15, -0.1) is 0 Å². The van der Waals surface area contributed by atoms with Gasteiger partial charge in [0.1, 0.15) is 19.8 Å². The summed E-state index contributed by atoms with van der Waals surface area (Å²) in [6, 6.07) is 1.04. The second-order valence-electron chi connectivity index (χ2n) is 6.61. The highest BCUT2D eigenvalue weighted by atomic mass is 31.2. The fourth-order valence-corrected chi connectivity index (χ4v) is 3.22. The van der Waals surface area contributed by atoms with Crippen LogP contribution < -0.4 is 16.1 Å². The summed E-state index contributed by atoms with van der Waals surface area (Å²) in [6.45, 7) is 6.23. The van der Waals surface area contributed by atoms with Crippen LogP contribution >= 0.6 is 7.60 Å². The third kappa shape index (κ3) is 4.69. The Bertz CT molecular complexity index is 778. The van der Waals surface area contributed by atoms with E-state index >= 15 is 0 Å². The summed E-state index contributed by atoms with van der Waals surface area (Å²) >= 11 is 0. The Morgan fingerprint density at radius 1 is 1.38 bits per heavy atom. The zero-order valence-corrected chi connectivity index (χ0v) is 15.9. The predicted octanol–water partition coefficient (Wildman–Crippen LogP) is 0.544. The van der Waals surface area contributed by atoms with Crippen molar-refractivity contribution >= 4 is 7.60 Å². The molecule has 0 spiro atoms. The van der Waals surface area contributed by atoms with E-state index in [0.29, 0.717) is 0 Å². The Labute approximate surface area is 149 Å². The molecule has 0 saturated carbocycles. The van der Waals surface area contributed by atoms with Crippen molar-refractivity contribution in [2.75, 3.05) is 6.61 Å². The van der Waals surface area contributed by atoms with E-state index in [4.69, 9.17) is 14.0 Å². The quantitative estimate of drug-likeness (QED) is 0.671. The van der Waals surface area contributed by atoms with Crippen molar-refractivity contribution in [1.82, 2.24) is 9.55 Å². The summed E-state index contributed by atoms with van der Waals surface area (Å²) in [4.78, 5) is 37.2. The standard InChI is InChI=1S/C15H24FN2O7P/c1-8(2)23-7-10-13(25-26(21,22)9(3)4)12(16)14(24-10)18-6-5-11(19)17-15(18)20/h5-6,8-10,12-14H,7H2,1-4H3,(H,21,22)(H,17,19,20)/p-1/t10-,12?,13+,14-/m1/s1. The molecule has 1 N–H and O–H groups in total. The molecule has 1 aromatic rings. The van der Waals surface area contributed by atoms with Crippen LogP contribution in [0.4, 0.5) is 4.39 Å². The Morgan fingerprint density at radius 3 is 2.58 bits per heavy atom. The van der Waals surface area contributed by atoms with Crippen molar-refractivity contribution in [3.05, 3.63) is 33.1 Å². The molecule has 0 aliphatic carbocycles. The van der Waals surface area contributed by atoms with Gasteiger partial charge in [-0.3, -0.25) is 14.3 Å². The normalized spacial score (nSPS) is 28.6. The number of halogens is 1. The van der Waals surface area contributed by atoms with E-state index in [9.17, 15) is 23.4 Å². The maximum absolute atomic E-state index is 15.0. The lowest BCUT2D eigenvalue weighted by Crippen LogP contribution is -2.38. The van der Waals surface area contributed by atoms with E-state index in [0.717, 1.165) is 16.8 Å². The molecule has 1 aliphatic heterocycles. The zero-order chi connectivity index (χ0) is 19.6. The average Bonchev–Trinajstić information content (AvgIpc) is 2.81. The van der Waals surface area contributed by atoms with Gasteiger partial charge in [0.05, 0.1) is 12.7 Å². The third-order valence-electron chi connectivity index (χ3n) is 3.89. The molecule has 0 amide bonds. The van der Waals surface area contributed by atoms with Crippen LogP contribution in [0.15, 0.2) is 21.9 Å². The van der Waals surface area contributed by atoms with Gasteiger partial charge in [-0.25, -0.2) is 9.18 Å². The van der Waals surface area contributed by atoms with Crippen LogP contribution in [0, 0.1) is 0 Å². The van der Waals surface area contributed by atoms with Crippen LogP contribution in [0.5, 0.6) is 0 Å². The zero-order valence-electron chi connectivity index (χ0n) is 15.0. The van der Waals surface area contributed by atoms with Crippen molar-refractivity contribution in [2.24, 2.45) is 0 Å². The average molecular weight is 393 g/mol. The molecule has 0 bridgehead atoms. The van der Waals surface area contributed by atoms with E-state index in [1.165, 1.54) is 13.8 Å². The first-order chi connectivity index (χ1) is 12.0. The van der Waals surface area contributed by atoms with E-state index in [1.54, 1.807) is 13.8 Å². The number of aromatic amines is 1. The topological polar surface area (TPSA) is 123 Å². The van der Waals surface area contributed by atoms with Crippen LogP contribution in [0.1, 0.15) is 33.9 Å². The molecule has 11 heteroatoms. The Kier molecular flexibility index (Phi) is 6.57. The van der Waals surface area contributed by atoms with E-state index in [2.05, 4.69) is 0 Å². The van der Waals surface area contributed by atoms with Crippen LogP contribution in [0.25, 0.3) is 0 Å². The second-order valence-corrected chi connectivity index (χ2v) is 8.94. The van der Waals surface area contributed by atoms with Crippen LogP contribution in [-0.4, -0.2) is 46.3 Å². The number of hydrogen-bond acceptors (Lipinski definition) is 7. The number of nitrogens with zero attached hydrogens (tertiary/aromatic N) is 1. The summed E-state index contributed by atoms with van der Waals surface area (Å²) < 4.78 is 43.9. The Morgan fingerprint density at radius 2 is 2.04 bits per heavy atom. The number of ether oxygens (including phenoxy) is 2. The summed E-state index contributed by atoms with van der Waals surface area (Å²) in [6.07, 6.45) is -5.03. The summed E-state index contributed by atoms with van der Waals surface area (Å²) in [5, 5.41) is 0. The molecule has 2 unspecified atom stereocenters. The third-order valence-corrected chi connectivity index (χ3v) is 5.69. The number of rotatable bonds is 7. The van der Waals surface area contributed by atoms with Crippen molar-refractivity contribution in [3.8, 4) is 0 Å². The lowest BCUT2D eigenvalue weighted by molar-refractivity contribution is -0.208. The van der Waals surface area contributed by atoms with Gasteiger partial charge >= 0.3 is 5.69 Å². The smallest absolute Gasteiger partial charge is 0.330 e. The first kappa shape index (κ1) is 21.0. The van der Waals surface area contributed by atoms with Gasteiger partial charge < -0.3 is 23.5 Å². The Hall–Kier alpha value is -1.32. The number of nitrogens with one attached hydrogen (secondary N) is 1. The van der Waals surface area contributed by atoms with Crippen LogP contribution in [0.3, 0.4) is 0 Å². The molecule has 148 valence electrons. The fourth-order valence-electron chi connectivity index (χ4n) is 2.38. The summed E-state index contributed by atoms with van der Waals surface area (Å²) in [5.74, 6) is 0. The molecule has 2 rings (SSSR count). The van der Waals surface area contributed by atoms with Crippen molar-refractivity contribution in [3.63, 3.8) is 0 Å². The molecule has 0 radical (unpaired) electrons. The van der Waals surface area contributed by atoms with Gasteiger partial charge in [0.15, 0.2) is 12.4 Å². The second kappa shape index (κ2) is 8.14. The minimum atomic E-state index is -4.34. The molecule has 1 aromatic heterocycles. The monoisotopic (exact) mass is 393 g/mol. The molecule has 26 heavy (non-hydrogen) atoms. The minimum Gasteiger partial charge on any atom is -0.778 e. The van der Waals surface area contributed by atoms with E-state index < -0.39 is 49.1 Å². The summed E-state index contributed by atoms with van der Waals surface area (Å²) in [7, 11) is -4.34. The largest absolute Gasteiger partial charge is 0.778 e. The molecule has 1 fully saturated rings. The van der Waals surface area contributed by atoms with Crippen molar-refractivity contribution in [1.29, 1.82) is 0 Å². The molecule has 1 saturated heterocycles.